The number of nitriles is 1. The van der Waals surface area contributed by atoms with Crippen molar-refractivity contribution in [2.24, 2.45) is 0 Å². The first-order valence-corrected chi connectivity index (χ1v) is 9.40. The lowest BCUT2D eigenvalue weighted by atomic mass is 9.93. The highest BCUT2D eigenvalue weighted by Crippen LogP contribution is 2.24. The second-order valence-corrected chi connectivity index (χ2v) is 7.12. The van der Waals surface area contributed by atoms with E-state index in [1.54, 1.807) is 24.3 Å². The number of amides is 1. The van der Waals surface area contributed by atoms with Gasteiger partial charge in [0.2, 0.25) is 0 Å². The lowest BCUT2D eigenvalue weighted by molar-refractivity contribution is 0.101. The molecule has 3 rings (SSSR count). The third-order valence-electron chi connectivity index (χ3n) is 4.81. The number of rotatable bonds is 6. The Hall–Kier alpha value is -3.72. The average Bonchev–Trinajstić information content (AvgIpc) is 2.73. The summed E-state index contributed by atoms with van der Waals surface area (Å²) < 4.78 is 27.5. The van der Waals surface area contributed by atoms with Crippen LogP contribution in [0.1, 0.15) is 27.4 Å². The third kappa shape index (κ3) is 4.81. The summed E-state index contributed by atoms with van der Waals surface area (Å²) in [5.74, 6) is -3.07. The molecular weight excluding hydrogens is 384 g/mol. The predicted octanol–water partition coefficient (Wildman–Crippen LogP) is 5.13. The maximum absolute atomic E-state index is 13.8. The predicted molar refractivity (Wildman–Crippen MR) is 114 cm³/mol. The van der Waals surface area contributed by atoms with Crippen LogP contribution in [0, 0.1) is 23.0 Å². The molecule has 0 aromatic heterocycles. The lowest BCUT2D eigenvalue weighted by Crippen LogP contribution is -2.15. The highest BCUT2D eigenvalue weighted by Gasteiger charge is 2.17. The Kier molecular flexibility index (Phi) is 6.43. The van der Waals surface area contributed by atoms with Crippen molar-refractivity contribution in [1.29, 1.82) is 5.26 Å². The fraction of sp³-hybridized carbons (Fsp3) is 0.167. The third-order valence-corrected chi connectivity index (χ3v) is 4.81. The summed E-state index contributed by atoms with van der Waals surface area (Å²) in [6, 6.07) is 20.3. The van der Waals surface area contributed by atoms with E-state index in [1.807, 2.05) is 43.3 Å². The summed E-state index contributed by atoms with van der Waals surface area (Å²) >= 11 is 0. The highest BCUT2D eigenvalue weighted by atomic mass is 19.1. The molecule has 0 aliphatic rings. The van der Waals surface area contributed by atoms with Crippen molar-refractivity contribution in [3.8, 4) is 6.07 Å². The normalized spacial score (nSPS) is 11.4. The zero-order valence-electron chi connectivity index (χ0n) is 16.7. The standard InChI is InChI=1S/C24H21F2N3O/c1-29(2)20-12-6-16(7-13-20)14-18(15-27)17-8-10-19(11-9-17)28-24(30)23-21(25)4-3-5-22(23)26/h3-13,18H,14H2,1-2H3,(H,28,30). The molecule has 30 heavy (non-hydrogen) atoms. The van der Waals surface area contributed by atoms with Gasteiger partial charge in [0.1, 0.15) is 17.2 Å². The number of hydrogen-bond donors (Lipinski definition) is 1. The van der Waals surface area contributed by atoms with E-state index in [1.165, 1.54) is 6.07 Å². The molecule has 6 heteroatoms. The molecule has 0 radical (unpaired) electrons. The van der Waals surface area contributed by atoms with Gasteiger partial charge < -0.3 is 10.2 Å². The molecule has 0 heterocycles. The Morgan fingerprint density at radius 3 is 2.13 bits per heavy atom. The molecular formula is C24H21F2N3O. The molecule has 3 aromatic rings. The smallest absolute Gasteiger partial charge is 0.261 e. The molecule has 0 aliphatic carbocycles. The minimum atomic E-state index is -0.922. The first kappa shape index (κ1) is 21.0. The number of benzene rings is 3. The molecule has 0 bridgehead atoms. The van der Waals surface area contributed by atoms with Gasteiger partial charge in [0.25, 0.3) is 5.91 Å². The van der Waals surface area contributed by atoms with Crippen LogP contribution in [0.15, 0.2) is 66.7 Å². The largest absolute Gasteiger partial charge is 0.378 e. The van der Waals surface area contributed by atoms with E-state index in [0.29, 0.717) is 12.1 Å². The molecule has 0 fully saturated rings. The van der Waals surface area contributed by atoms with E-state index in [4.69, 9.17) is 0 Å². The van der Waals surface area contributed by atoms with E-state index < -0.39 is 23.1 Å². The van der Waals surface area contributed by atoms with Gasteiger partial charge in [-0.1, -0.05) is 30.3 Å². The Morgan fingerprint density at radius 1 is 1.00 bits per heavy atom. The molecule has 0 spiro atoms. The Labute approximate surface area is 174 Å². The quantitative estimate of drug-likeness (QED) is 0.618. The molecule has 1 unspecified atom stereocenters. The molecule has 1 atom stereocenters. The first-order chi connectivity index (χ1) is 14.4. The van der Waals surface area contributed by atoms with Crippen LogP contribution in [-0.2, 0) is 6.42 Å². The van der Waals surface area contributed by atoms with Gasteiger partial charge in [-0.25, -0.2) is 8.78 Å². The van der Waals surface area contributed by atoms with E-state index >= 15 is 0 Å². The molecule has 3 aromatic carbocycles. The number of nitrogens with one attached hydrogen (secondary N) is 1. The number of hydrogen-bond acceptors (Lipinski definition) is 3. The summed E-state index contributed by atoms with van der Waals surface area (Å²) in [6.45, 7) is 0. The van der Waals surface area contributed by atoms with Crippen molar-refractivity contribution in [3.63, 3.8) is 0 Å². The van der Waals surface area contributed by atoms with Crippen molar-refractivity contribution in [1.82, 2.24) is 0 Å². The molecule has 4 nitrogen and oxygen atoms in total. The summed E-state index contributed by atoms with van der Waals surface area (Å²) in [4.78, 5) is 14.2. The van der Waals surface area contributed by atoms with Crippen molar-refractivity contribution in [2.75, 3.05) is 24.3 Å². The summed E-state index contributed by atoms with van der Waals surface area (Å²) in [5, 5.41) is 12.1. The van der Waals surface area contributed by atoms with Crippen LogP contribution in [0.2, 0.25) is 0 Å². The fourth-order valence-corrected chi connectivity index (χ4v) is 3.11. The molecule has 1 N–H and O–H groups in total. The van der Waals surface area contributed by atoms with Crippen LogP contribution >= 0.6 is 0 Å². The minimum Gasteiger partial charge on any atom is -0.378 e. The monoisotopic (exact) mass is 405 g/mol. The topological polar surface area (TPSA) is 56.1 Å². The van der Waals surface area contributed by atoms with Gasteiger partial charge in [-0.05, 0) is 53.9 Å². The second kappa shape index (κ2) is 9.19. The number of carbonyl (C=O) groups is 1. The van der Waals surface area contributed by atoms with Crippen LogP contribution < -0.4 is 10.2 Å². The van der Waals surface area contributed by atoms with Gasteiger partial charge >= 0.3 is 0 Å². The van der Waals surface area contributed by atoms with Crippen LogP contribution in [0.3, 0.4) is 0 Å². The van der Waals surface area contributed by atoms with E-state index in [-0.39, 0.29) is 5.92 Å². The van der Waals surface area contributed by atoms with Crippen molar-refractivity contribution < 1.29 is 13.6 Å². The van der Waals surface area contributed by atoms with E-state index in [0.717, 1.165) is 28.9 Å². The summed E-state index contributed by atoms with van der Waals surface area (Å²) in [7, 11) is 3.93. The molecule has 0 aliphatic heterocycles. The number of carbonyl (C=O) groups excluding carboxylic acids is 1. The second-order valence-electron chi connectivity index (χ2n) is 7.12. The Balaban J connectivity index is 1.70. The molecule has 0 saturated carbocycles. The molecule has 152 valence electrons. The van der Waals surface area contributed by atoms with E-state index in [9.17, 15) is 18.8 Å². The van der Waals surface area contributed by atoms with E-state index in [2.05, 4.69) is 11.4 Å². The van der Waals surface area contributed by atoms with Crippen LogP contribution in [0.4, 0.5) is 20.2 Å². The van der Waals surface area contributed by atoms with Gasteiger partial charge in [-0.2, -0.15) is 5.26 Å². The van der Waals surface area contributed by atoms with Crippen molar-refractivity contribution in [2.45, 2.75) is 12.3 Å². The molecule has 1 amide bonds. The van der Waals surface area contributed by atoms with Gasteiger partial charge in [-0.3, -0.25) is 4.79 Å². The lowest BCUT2D eigenvalue weighted by Gasteiger charge is -2.14. The van der Waals surface area contributed by atoms with Crippen LogP contribution in [-0.4, -0.2) is 20.0 Å². The summed E-state index contributed by atoms with van der Waals surface area (Å²) in [6.07, 6.45) is 0.552. The Bertz CT molecular complexity index is 1050. The maximum atomic E-state index is 13.8. The zero-order valence-corrected chi connectivity index (χ0v) is 16.7. The maximum Gasteiger partial charge on any atom is 0.261 e. The molecule has 0 saturated heterocycles. The fourth-order valence-electron chi connectivity index (χ4n) is 3.11. The first-order valence-electron chi connectivity index (χ1n) is 9.40. The highest BCUT2D eigenvalue weighted by molar-refractivity contribution is 6.04. The van der Waals surface area contributed by atoms with Crippen LogP contribution in [0.25, 0.3) is 0 Å². The number of halogens is 2. The van der Waals surface area contributed by atoms with Gasteiger partial charge in [0, 0.05) is 25.5 Å². The van der Waals surface area contributed by atoms with Crippen molar-refractivity contribution >= 4 is 17.3 Å². The average molecular weight is 405 g/mol. The number of nitrogens with zero attached hydrogens (tertiary/aromatic N) is 2. The summed E-state index contributed by atoms with van der Waals surface area (Å²) in [5.41, 5.74) is 2.68. The SMILES string of the molecule is CN(C)c1ccc(CC(C#N)c2ccc(NC(=O)c3c(F)cccc3F)cc2)cc1. The van der Waals surface area contributed by atoms with Crippen LogP contribution in [0.5, 0.6) is 0 Å². The van der Waals surface area contributed by atoms with Gasteiger partial charge in [0.05, 0.1) is 12.0 Å². The van der Waals surface area contributed by atoms with Gasteiger partial charge in [0.15, 0.2) is 0 Å². The Morgan fingerprint density at radius 2 is 1.60 bits per heavy atom. The van der Waals surface area contributed by atoms with Gasteiger partial charge in [-0.15, -0.1) is 0 Å². The minimum absolute atomic E-state index is 0.357. The number of anilines is 2. The van der Waals surface area contributed by atoms with Crippen molar-refractivity contribution in [3.05, 3.63) is 95.1 Å². The zero-order chi connectivity index (χ0) is 21.7.